The molecular weight excluding hydrogens is 588 g/mol. The van der Waals surface area contributed by atoms with Gasteiger partial charge >= 0.3 is 5.69 Å². The molecule has 0 aliphatic carbocycles. The molecule has 0 unspecified atom stereocenters. The van der Waals surface area contributed by atoms with Crippen LogP contribution in [-0.4, -0.2) is 37.3 Å². The Labute approximate surface area is 235 Å². The van der Waals surface area contributed by atoms with Crippen LogP contribution in [0.1, 0.15) is 44.5 Å². The third-order valence-corrected chi connectivity index (χ3v) is 6.39. The molecule has 206 valence electrons. The van der Waals surface area contributed by atoms with Crippen molar-refractivity contribution in [3.8, 4) is 17.4 Å². The highest BCUT2D eigenvalue weighted by Crippen LogP contribution is 2.41. The predicted octanol–water partition coefficient (Wildman–Crippen LogP) is 5.96. The van der Waals surface area contributed by atoms with Crippen molar-refractivity contribution in [2.24, 2.45) is 5.10 Å². The fourth-order valence-electron chi connectivity index (χ4n) is 3.73. The average molecular weight is 611 g/mol. The summed E-state index contributed by atoms with van der Waals surface area (Å²) < 4.78 is 13.2. The first kappa shape index (κ1) is 28.3. The van der Waals surface area contributed by atoms with E-state index in [1.165, 1.54) is 29.1 Å². The second kappa shape index (κ2) is 12.0. The molecule has 0 saturated carbocycles. The van der Waals surface area contributed by atoms with Gasteiger partial charge in [-0.3, -0.25) is 25.0 Å². The number of aromatic nitrogens is 3. The summed E-state index contributed by atoms with van der Waals surface area (Å²) in [5, 5.41) is 27.6. The van der Waals surface area contributed by atoms with Crippen LogP contribution in [0.25, 0.3) is 10.9 Å². The number of nitrogens with zero attached hydrogens (tertiary/aromatic N) is 6. The molecule has 0 fully saturated rings. The van der Waals surface area contributed by atoms with Crippen molar-refractivity contribution in [2.75, 3.05) is 6.61 Å². The van der Waals surface area contributed by atoms with Crippen molar-refractivity contribution in [1.29, 1.82) is 0 Å². The first-order valence-electron chi connectivity index (χ1n) is 12.1. The molecule has 0 aliphatic heterocycles. The van der Waals surface area contributed by atoms with Gasteiger partial charge in [0.05, 0.1) is 33.6 Å². The van der Waals surface area contributed by atoms with E-state index < -0.39 is 15.5 Å². The number of hydrogen-bond donors (Lipinski definition) is 0. The lowest BCUT2D eigenvalue weighted by atomic mass is 10.1. The monoisotopic (exact) mass is 610 g/mol. The molecule has 40 heavy (non-hydrogen) atoms. The Morgan fingerprint density at radius 3 is 2.52 bits per heavy atom. The fraction of sp³-hybridized carbons (Fsp3) is 0.231. The van der Waals surface area contributed by atoms with E-state index in [0.29, 0.717) is 27.6 Å². The molecule has 0 radical (unpaired) electrons. The smallest absolute Gasteiger partial charge is 0.316 e. The van der Waals surface area contributed by atoms with Gasteiger partial charge in [-0.2, -0.15) is 9.78 Å². The fourth-order valence-corrected chi connectivity index (χ4v) is 4.09. The van der Waals surface area contributed by atoms with Crippen LogP contribution in [0.4, 0.5) is 11.4 Å². The number of benzene rings is 2. The third kappa shape index (κ3) is 5.96. The number of halogens is 1. The van der Waals surface area contributed by atoms with Crippen molar-refractivity contribution < 1.29 is 19.3 Å². The van der Waals surface area contributed by atoms with Crippen LogP contribution in [0.2, 0.25) is 0 Å². The van der Waals surface area contributed by atoms with Crippen molar-refractivity contribution in [2.45, 2.75) is 33.1 Å². The lowest BCUT2D eigenvalue weighted by Gasteiger charge is -2.14. The second-order valence-electron chi connectivity index (χ2n) is 8.57. The topological polar surface area (TPSA) is 165 Å². The van der Waals surface area contributed by atoms with Crippen molar-refractivity contribution >= 4 is 44.4 Å². The minimum atomic E-state index is -0.660. The van der Waals surface area contributed by atoms with E-state index in [0.717, 1.165) is 12.3 Å². The van der Waals surface area contributed by atoms with Crippen LogP contribution >= 0.6 is 15.9 Å². The Morgan fingerprint density at radius 2 is 1.90 bits per heavy atom. The van der Waals surface area contributed by atoms with Crippen LogP contribution < -0.4 is 15.0 Å². The van der Waals surface area contributed by atoms with Gasteiger partial charge in [0.1, 0.15) is 12.0 Å². The molecular formula is C26H23BrN6O7. The molecule has 13 nitrogen and oxygen atoms in total. The normalized spacial score (nSPS) is 12.0. The van der Waals surface area contributed by atoms with Gasteiger partial charge in [-0.15, -0.1) is 0 Å². The van der Waals surface area contributed by atoms with E-state index >= 15 is 0 Å². The summed E-state index contributed by atoms with van der Waals surface area (Å²) in [5.74, 6) is 0.0288. The average Bonchev–Trinajstić information content (AvgIpc) is 2.93. The van der Waals surface area contributed by atoms with E-state index in [1.54, 1.807) is 25.1 Å². The minimum Gasteiger partial charge on any atom is -0.490 e. The summed E-state index contributed by atoms with van der Waals surface area (Å²) in [6.45, 7) is 5.74. The molecule has 14 heteroatoms. The molecule has 4 aromatic rings. The largest absolute Gasteiger partial charge is 0.490 e. The number of nitro benzene ring substituents is 1. The number of fused-ring (bicyclic) bond motifs is 1. The van der Waals surface area contributed by atoms with Gasteiger partial charge in [0.15, 0.2) is 5.75 Å². The first-order chi connectivity index (χ1) is 19.1. The van der Waals surface area contributed by atoms with Crippen molar-refractivity contribution in [1.82, 2.24) is 14.6 Å². The van der Waals surface area contributed by atoms with Crippen LogP contribution in [0.3, 0.4) is 0 Å². The predicted molar refractivity (Wildman–Crippen MR) is 151 cm³/mol. The third-order valence-electron chi connectivity index (χ3n) is 5.90. The molecule has 0 amide bonds. The molecule has 0 aliphatic rings. The highest BCUT2D eigenvalue weighted by Gasteiger charge is 2.24. The van der Waals surface area contributed by atoms with Gasteiger partial charge in [0.2, 0.25) is 11.6 Å². The molecule has 2 aromatic carbocycles. The number of nitro groups is 2. The highest BCUT2D eigenvalue weighted by atomic mass is 79.9. The summed E-state index contributed by atoms with van der Waals surface area (Å²) in [6, 6.07) is 10.3. The highest BCUT2D eigenvalue weighted by molar-refractivity contribution is 9.10. The van der Waals surface area contributed by atoms with Gasteiger partial charge in [-0.25, -0.2) is 9.97 Å². The van der Waals surface area contributed by atoms with Gasteiger partial charge in [0.25, 0.3) is 11.2 Å². The molecule has 0 spiro atoms. The molecule has 1 atom stereocenters. The summed E-state index contributed by atoms with van der Waals surface area (Å²) in [7, 11) is 0. The quantitative estimate of drug-likeness (QED) is 0.120. The summed E-state index contributed by atoms with van der Waals surface area (Å²) in [5.41, 5.74) is -0.314. The zero-order valence-corrected chi connectivity index (χ0v) is 23.2. The molecule has 0 bridgehead atoms. The zero-order valence-electron chi connectivity index (χ0n) is 21.6. The van der Waals surface area contributed by atoms with Gasteiger partial charge in [-0.1, -0.05) is 29.8 Å². The Bertz CT molecular complexity index is 1690. The van der Waals surface area contributed by atoms with E-state index in [2.05, 4.69) is 31.0 Å². The maximum Gasteiger partial charge on any atom is 0.316 e. The van der Waals surface area contributed by atoms with Crippen LogP contribution in [0.5, 0.6) is 17.4 Å². The first-order valence-corrected chi connectivity index (χ1v) is 12.9. The summed E-state index contributed by atoms with van der Waals surface area (Å²) in [4.78, 5) is 43.5. The Morgan fingerprint density at radius 1 is 1.12 bits per heavy atom. The minimum absolute atomic E-state index is 0.0216. The van der Waals surface area contributed by atoms with Crippen LogP contribution in [0, 0.1) is 20.2 Å². The van der Waals surface area contributed by atoms with E-state index in [-0.39, 0.29) is 46.7 Å². The summed E-state index contributed by atoms with van der Waals surface area (Å²) in [6.07, 6.45) is 2.99. The van der Waals surface area contributed by atoms with E-state index in [1.807, 2.05) is 13.8 Å². The van der Waals surface area contributed by atoms with Crippen molar-refractivity contribution in [3.63, 3.8) is 0 Å². The Balaban J connectivity index is 1.81. The van der Waals surface area contributed by atoms with Gasteiger partial charge in [-0.05, 0) is 37.6 Å². The molecule has 2 heterocycles. The van der Waals surface area contributed by atoms with E-state index in [9.17, 15) is 25.0 Å². The standard InChI is InChI=1S/C26H23BrN6O7/c1-4-15(3)25-30-20-8-6-17(27)12-19(20)26(34)31(25)29-13-16-10-21(33(37)38)24(22(11-16)39-5-2)40-23-9-7-18(14-28-23)32(35)36/h6-15H,4-5H2,1-3H3/t15-/m0/s1. The molecule has 4 rings (SSSR count). The molecule has 2 aromatic heterocycles. The van der Waals surface area contributed by atoms with Crippen molar-refractivity contribution in [3.05, 3.63) is 95.1 Å². The van der Waals surface area contributed by atoms with E-state index in [4.69, 9.17) is 9.47 Å². The maximum absolute atomic E-state index is 13.4. The Hall–Kier alpha value is -4.72. The van der Waals surface area contributed by atoms with Gasteiger partial charge < -0.3 is 9.47 Å². The molecule has 0 saturated heterocycles. The maximum atomic E-state index is 13.4. The van der Waals surface area contributed by atoms with Crippen LogP contribution in [-0.2, 0) is 0 Å². The number of ether oxygens (including phenoxy) is 2. The number of pyridine rings is 1. The number of rotatable bonds is 10. The SMILES string of the molecule is CCOc1cc(C=Nn2c([C@@H](C)CC)nc3ccc(Br)cc3c2=O)cc([N+](=O)[O-])c1Oc1ccc([N+](=O)[O-])cn1. The Kier molecular flexibility index (Phi) is 8.48. The zero-order chi connectivity index (χ0) is 29.0. The number of hydrogen-bond acceptors (Lipinski definition) is 10. The second-order valence-corrected chi connectivity index (χ2v) is 9.49. The van der Waals surface area contributed by atoms with Crippen LogP contribution in [0.15, 0.2) is 63.0 Å². The lowest BCUT2D eigenvalue weighted by molar-refractivity contribution is -0.385. The lowest BCUT2D eigenvalue weighted by Crippen LogP contribution is -2.23. The van der Waals surface area contributed by atoms with Gasteiger partial charge in [0, 0.05) is 34.2 Å². The molecule has 0 N–H and O–H groups in total. The summed E-state index contributed by atoms with van der Waals surface area (Å²) >= 11 is 3.37.